The van der Waals surface area contributed by atoms with E-state index in [-0.39, 0.29) is 62.4 Å². The lowest BCUT2D eigenvalue weighted by Crippen LogP contribution is -2.57. The Morgan fingerprint density at radius 2 is 1.45 bits per heavy atom. The number of rotatable bonds is 5. The molecular weight excluding hydrogens is 448 g/mol. The first-order valence-electron chi connectivity index (χ1n) is 11.3. The first-order valence-corrected chi connectivity index (χ1v) is 12.7. The number of ether oxygens (including phenoxy) is 1. The average Bonchev–Trinajstić information content (AvgIpc) is 3.10. The fraction of sp³-hybridized carbons (Fsp3) is 0.591. The van der Waals surface area contributed by atoms with E-state index >= 15 is 0 Å². The minimum atomic E-state index is -3.60. The summed E-state index contributed by atoms with van der Waals surface area (Å²) in [4.78, 5) is 39.4. The molecule has 0 radical (unpaired) electrons. The summed E-state index contributed by atoms with van der Waals surface area (Å²) in [6.45, 7) is 5.69. The molecule has 3 aliphatic rings. The number of likely N-dealkylation sites (tertiary alicyclic amines) is 1. The molecule has 0 aromatic heterocycles. The van der Waals surface area contributed by atoms with Gasteiger partial charge in [0.1, 0.15) is 0 Å². The average molecular weight is 479 g/mol. The minimum absolute atomic E-state index is 0.156. The van der Waals surface area contributed by atoms with E-state index in [0.29, 0.717) is 31.7 Å². The van der Waals surface area contributed by atoms with Gasteiger partial charge in [0.15, 0.2) is 0 Å². The normalized spacial score (nSPS) is 25.6. The molecule has 11 heteroatoms. The molecule has 0 unspecified atom stereocenters. The molecule has 180 valence electrons. The SMILES string of the molecule is C[C@@H]1CN(S(=O)(=O)N2CCN(C(=O)c3ccc(CN4C(=O)CCC4=O)cc3)CC2)C[C@H](C)O1. The first kappa shape index (κ1) is 23.8. The zero-order valence-corrected chi connectivity index (χ0v) is 19.8. The van der Waals surface area contributed by atoms with Crippen LogP contribution < -0.4 is 0 Å². The Balaban J connectivity index is 1.33. The molecule has 1 aromatic rings. The second-order valence-electron chi connectivity index (χ2n) is 8.84. The number of hydrogen-bond donors (Lipinski definition) is 0. The van der Waals surface area contributed by atoms with Gasteiger partial charge in [-0.05, 0) is 31.5 Å². The third-order valence-electron chi connectivity index (χ3n) is 6.26. The predicted molar refractivity (Wildman–Crippen MR) is 119 cm³/mol. The van der Waals surface area contributed by atoms with E-state index < -0.39 is 10.2 Å². The summed E-state index contributed by atoms with van der Waals surface area (Å²) in [7, 11) is -3.60. The van der Waals surface area contributed by atoms with Crippen LogP contribution in [0.15, 0.2) is 24.3 Å². The lowest BCUT2D eigenvalue weighted by Gasteiger charge is -2.40. The van der Waals surface area contributed by atoms with Crippen molar-refractivity contribution in [1.29, 1.82) is 0 Å². The van der Waals surface area contributed by atoms with Crippen molar-refractivity contribution in [2.45, 2.75) is 45.4 Å². The van der Waals surface area contributed by atoms with Gasteiger partial charge in [-0.1, -0.05) is 12.1 Å². The predicted octanol–water partition coefficient (Wildman–Crippen LogP) is 0.447. The van der Waals surface area contributed by atoms with Crippen molar-refractivity contribution >= 4 is 27.9 Å². The van der Waals surface area contributed by atoms with Crippen molar-refractivity contribution in [2.75, 3.05) is 39.3 Å². The van der Waals surface area contributed by atoms with Gasteiger partial charge in [0.25, 0.3) is 16.1 Å². The number of hydrogen-bond acceptors (Lipinski definition) is 6. The van der Waals surface area contributed by atoms with Crippen molar-refractivity contribution in [3.05, 3.63) is 35.4 Å². The molecule has 3 heterocycles. The number of carbonyl (C=O) groups excluding carboxylic acids is 3. The van der Waals surface area contributed by atoms with Crippen LogP contribution in [0, 0.1) is 0 Å². The van der Waals surface area contributed by atoms with E-state index in [9.17, 15) is 22.8 Å². The lowest BCUT2D eigenvalue weighted by molar-refractivity contribution is -0.139. The van der Waals surface area contributed by atoms with E-state index in [1.165, 1.54) is 13.5 Å². The van der Waals surface area contributed by atoms with Gasteiger partial charge < -0.3 is 9.64 Å². The lowest BCUT2D eigenvalue weighted by atomic mass is 10.1. The van der Waals surface area contributed by atoms with Crippen LogP contribution in [0.1, 0.15) is 42.6 Å². The van der Waals surface area contributed by atoms with E-state index in [2.05, 4.69) is 0 Å². The van der Waals surface area contributed by atoms with Crippen LogP contribution in [-0.2, 0) is 31.1 Å². The van der Waals surface area contributed by atoms with Gasteiger partial charge >= 0.3 is 0 Å². The molecule has 0 bridgehead atoms. The highest BCUT2D eigenvalue weighted by Gasteiger charge is 2.37. The maximum atomic E-state index is 13.0. The Morgan fingerprint density at radius 3 is 2.00 bits per heavy atom. The number of morpholine rings is 1. The molecular formula is C22H30N4O6S. The van der Waals surface area contributed by atoms with Gasteiger partial charge in [0.2, 0.25) is 11.8 Å². The summed E-state index contributed by atoms with van der Waals surface area (Å²) >= 11 is 0. The largest absolute Gasteiger partial charge is 0.373 e. The summed E-state index contributed by atoms with van der Waals surface area (Å²) in [5.41, 5.74) is 1.27. The zero-order valence-electron chi connectivity index (χ0n) is 19.0. The first-order chi connectivity index (χ1) is 15.6. The van der Waals surface area contributed by atoms with Crippen LogP contribution in [-0.4, -0.2) is 96.0 Å². The van der Waals surface area contributed by atoms with Crippen LogP contribution in [0.25, 0.3) is 0 Å². The molecule has 0 saturated carbocycles. The van der Waals surface area contributed by atoms with Crippen molar-refractivity contribution < 1.29 is 27.5 Å². The van der Waals surface area contributed by atoms with Crippen LogP contribution in [0.2, 0.25) is 0 Å². The summed E-state index contributed by atoms with van der Waals surface area (Å²) in [6.07, 6.45) is 0.189. The van der Waals surface area contributed by atoms with Crippen molar-refractivity contribution in [1.82, 2.24) is 18.4 Å². The van der Waals surface area contributed by atoms with E-state index in [1.54, 1.807) is 29.2 Å². The molecule has 4 rings (SSSR count). The van der Waals surface area contributed by atoms with E-state index in [0.717, 1.165) is 5.56 Å². The maximum absolute atomic E-state index is 13.0. The zero-order chi connectivity index (χ0) is 23.8. The van der Waals surface area contributed by atoms with E-state index in [4.69, 9.17) is 4.74 Å². The molecule has 10 nitrogen and oxygen atoms in total. The number of imide groups is 1. The topological polar surface area (TPSA) is 108 Å². The highest BCUT2D eigenvalue weighted by molar-refractivity contribution is 7.86. The highest BCUT2D eigenvalue weighted by Crippen LogP contribution is 2.20. The molecule has 0 spiro atoms. The molecule has 3 saturated heterocycles. The minimum Gasteiger partial charge on any atom is -0.373 e. The van der Waals surface area contributed by atoms with Crippen LogP contribution in [0.3, 0.4) is 0 Å². The second kappa shape index (κ2) is 9.49. The van der Waals surface area contributed by atoms with Gasteiger partial charge in [0, 0.05) is 57.7 Å². The van der Waals surface area contributed by atoms with Crippen molar-refractivity contribution in [2.24, 2.45) is 0 Å². The molecule has 2 atom stereocenters. The third-order valence-corrected chi connectivity index (χ3v) is 8.23. The standard InChI is InChI=1S/C22H30N4O6S/c1-16-13-25(14-17(2)32-16)33(30,31)24-11-9-23(10-12-24)22(29)19-5-3-18(4-6-19)15-26-20(27)7-8-21(26)28/h3-6,16-17H,7-15H2,1-2H3/t16-,17+. The third kappa shape index (κ3) is 5.11. The Hall–Kier alpha value is -2.34. The smallest absolute Gasteiger partial charge is 0.282 e. The van der Waals surface area contributed by atoms with Gasteiger partial charge in [-0.25, -0.2) is 0 Å². The van der Waals surface area contributed by atoms with Crippen molar-refractivity contribution in [3.63, 3.8) is 0 Å². The number of carbonyl (C=O) groups is 3. The van der Waals surface area contributed by atoms with Crippen LogP contribution >= 0.6 is 0 Å². The molecule has 0 N–H and O–H groups in total. The van der Waals surface area contributed by atoms with Gasteiger partial charge in [-0.2, -0.15) is 17.0 Å². The fourth-order valence-electron chi connectivity index (χ4n) is 4.52. The number of piperazine rings is 1. The maximum Gasteiger partial charge on any atom is 0.282 e. The molecule has 1 aromatic carbocycles. The Morgan fingerprint density at radius 1 is 0.909 bits per heavy atom. The fourth-order valence-corrected chi connectivity index (χ4v) is 6.27. The Bertz CT molecular complexity index is 994. The Labute approximate surface area is 194 Å². The number of benzene rings is 1. The molecule has 0 aliphatic carbocycles. The summed E-state index contributed by atoms with van der Waals surface area (Å²) in [5, 5.41) is 0. The van der Waals surface area contributed by atoms with Crippen molar-refractivity contribution in [3.8, 4) is 0 Å². The second-order valence-corrected chi connectivity index (χ2v) is 10.8. The van der Waals surface area contributed by atoms with Gasteiger partial charge in [-0.15, -0.1) is 0 Å². The summed E-state index contributed by atoms with van der Waals surface area (Å²) in [5.74, 6) is -0.511. The monoisotopic (exact) mass is 478 g/mol. The summed E-state index contributed by atoms with van der Waals surface area (Å²) < 4.78 is 34.6. The quantitative estimate of drug-likeness (QED) is 0.569. The van der Waals surface area contributed by atoms with Crippen LogP contribution in [0.5, 0.6) is 0 Å². The highest BCUT2D eigenvalue weighted by atomic mass is 32.2. The molecule has 3 amide bonds. The number of nitrogens with zero attached hydrogens (tertiary/aromatic N) is 4. The Kier molecular flexibility index (Phi) is 6.85. The number of amides is 3. The summed E-state index contributed by atoms with van der Waals surface area (Å²) in [6, 6.07) is 6.85. The van der Waals surface area contributed by atoms with Gasteiger partial charge in [0.05, 0.1) is 18.8 Å². The van der Waals surface area contributed by atoms with Crippen LogP contribution in [0.4, 0.5) is 0 Å². The molecule has 33 heavy (non-hydrogen) atoms. The molecule has 3 fully saturated rings. The van der Waals surface area contributed by atoms with E-state index in [1.807, 2.05) is 13.8 Å². The van der Waals surface area contributed by atoms with Gasteiger partial charge in [-0.3, -0.25) is 19.3 Å². The molecule has 3 aliphatic heterocycles.